The van der Waals surface area contributed by atoms with Crippen LogP contribution < -0.4 is 4.74 Å². The number of hydrogen-bond acceptors (Lipinski definition) is 3. The highest BCUT2D eigenvalue weighted by Crippen LogP contribution is 2.15. The zero-order chi connectivity index (χ0) is 12.7. The highest BCUT2D eigenvalue weighted by atomic mass is 16.5. The number of rotatable bonds is 6. The average Bonchev–Trinajstić information content (AvgIpc) is 2.34. The first-order valence-corrected chi connectivity index (χ1v) is 6.05. The number of hydrogen-bond donors (Lipinski definition) is 1. The largest absolute Gasteiger partial charge is 0.494 e. The van der Waals surface area contributed by atoms with Gasteiger partial charge in [-0.2, -0.15) is 0 Å². The Kier molecular flexibility index (Phi) is 5.53. The lowest BCUT2D eigenvalue weighted by Crippen LogP contribution is -2.01. The molecule has 3 nitrogen and oxygen atoms in total. The summed E-state index contributed by atoms with van der Waals surface area (Å²) in [6.45, 7) is 6.91. The molecule has 0 unspecified atom stereocenters. The zero-order valence-corrected chi connectivity index (χ0v) is 10.8. The molecule has 0 spiro atoms. The monoisotopic (exact) mass is 235 g/mol. The van der Waals surface area contributed by atoms with Crippen molar-refractivity contribution < 1.29 is 9.94 Å². The van der Waals surface area contributed by atoms with E-state index in [2.05, 4.69) is 19.0 Å². The number of ether oxygens (including phenoxy) is 1. The van der Waals surface area contributed by atoms with Crippen molar-refractivity contribution in [3.8, 4) is 5.75 Å². The van der Waals surface area contributed by atoms with Crippen LogP contribution in [-0.4, -0.2) is 17.5 Å². The van der Waals surface area contributed by atoms with E-state index in [-0.39, 0.29) is 0 Å². The Hall–Kier alpha value is -1.51. The van der Waals surface area contributed by atoms with Gasteiger partial charge in [0.25, 0.3) is 0 Å². The topological polar surface area (TPSA) is 41.8 Å². The first-order valence-electron chi connectivity index (χ1n) is 6.05. The number of benzene rings is 1. The van der Waals surface area contributed by atoms with Crippen molar-refractivity contribution in [2.45, 2.75) is 33.6 Å². The molecule has 0 aliphatic heterocycles. The van der Waals surface area contributed by atoms with Gasteiger partial charge in [-0.3, -0.25) is 0 Å². The Balaban J connectivity index is 2.49. The molecule has 0 aliphatic carbocycles. The molecule has 0 saturated carbocycles. The second-order valence-electron chi connectivity index (χ2n) is 4.60. The van der Waals surface area contributed by atoms with Gasteiger partial charge >= 0.3 is 0 Å². The first-order chi connectivity index (χ1) is 8.13. The van der Waals surface area contributed by atoms with Crippen molar-refractivity contribution in [1.82, 2.24) is 0 Å². The predicted molar refractivity (Wildman–Crippen MR) is 70.0 cm³/mol. The molecule has 0 bridgehead atoms. The van der Waals surface area contributed by atoms with Crippen molar-refractivity contribution in [1.29, 1.82) is 0 Å². The predicted octanol–water partition coefficient (Wildman–Crippen LogP) is 3.70. The van der Waals surface area contributed by atoms with Gasteiger partial charge in [0.05, 0.1) is 12.3 Å². The van der Waals surface area contributed by atoms with Gasteiger partial charge in [-0.05, 0) is 37.8 Å². The average molecular weight is 235 g/mol. The summed E-state index contributed by atoms with van der Waals surface area (Å²) in [6.07, 6.45) is 2.24. The molecule has 1 N–H and O–H groups in total. The van der Waals surface area contributed by atoms with Crippen LogP contribution in [0.5, 0.6) is 5.75 Å². The first kappa shape index (κ1) is 13.6. The molecule has 0 amide bonds. The van der Waals surface area contributed by atoms with Gasteiger partial charge < -0.3 is 9.94 Å². The molecule has 17 heavy (non-hydrogen) atoms. The summed E-state index contributed by atoms with van der Waals surface area (Å²) >= 11 is 0. The van der Waals surface area contributed by atoms with E-state index in [0.717, 1.165) is 24.3 Å². The van der Waals surface area contributed by atoms with Crippen LogP contribution in [0.25, 0.3) is 0 Å². The molecule has 1 aromatic rings. The molecule has 0 aliphatic rings. The maximum atomic E-state index is 8.70. The Bertz CT molecular complexity index is 372. The van der Waals surface area contributed by atoms with Crippen LogP contribution in [0.3, 0.4) is 0 Å². The third-order valence-electron chi connectivity index (χ3n) is 2.60. The summed E-state index contributed by atoms with van der Waals surface area (Å²) < 4.78 is 5.66. The summed E-state index contributed by atoms with van der Waals surface area (Å²) in [5.74, 6) is 1.54. The smallest absolute Gasteiger partial charge is 0.119 e. The minimum atomic E-state index is 0.595. The van der Waals surface area contributed by atoms with Crippen LogP contribution in [0.2, 0.25) is 0 Å². The van der Waals surface area contributed by atoms with Crippen molar-refractivity contribution in [2.75, 3.05) is 6.61 Å². The van der Waals surface area contributed by atoms with Gasteiger partial charge in [-0.1, -0.05) is 31.1 Å². The highest BCUT2D eigenvalue weighted by molar-refractivity contribution is 5.98. The second kappa shape index (κ2) is 6.94. The maximum absolute atomic E-state index is 8.70. The third kappa shape index (κ3) is 4.89. The summed E-state index contributed by atoms with van der Waals surface area (Å²) in [6, 6.07) is 7.62. The Morgan fingerprint density at radius 1 is 1.41 bits per heavy atom. The zero-order valence-electron chi connectivity index (χ0n) is 10.8. The van der Waals surface area contributed by atoms with Crippen molar-refractivity contribution in [2.24, 2.45) is 11.1 Å². The van der Waals surface area contributed by atoms with Crippen LogP contribution in [0.15, 0.2) is 29.4 Å². The number of nitrogens with zero attached hydrogens (tertiary/aromatic N) is 1. The molecule has 0 radical (unpaired) electrons. The van der Waals surface area contributed by atoms with Crippen LogP contribution in [0.4, 0.5) is 0 Å². The van der Waals surface area contributed by atoms with E-state index < -0.39 is 0 Å². The Morgan fingerprint density at radius 3 is 2.82 bits per heavy atom. The van der Waals surface area contributed by atoms with E-state index in [4.69, 9.17) is 9.94 Å². The molecule has 3 heteroatoms. The highest BCUT2D eigenvalue weighted by Gasteiger charge is 2.01. The molecule has 0 heterocycles. The normalized spacial score (nSPS) is 11.9. The lowest BCUT2D eigenvalue weighted by Gasteiger charge is -2.08. The third-order valence-corrected chi connectivity index (χ3v) is 2.60. The van der Waals surface area contributed by atoms with E-state index in [1.165, 1.54) is 6.42 Å². The fourth-order valence-electron chi connectivity index (χ4n) is 1.55. The van der Waals surface area contributed by atoms with Crippen molar-refractivity contribution in [3.05, 3.63) is 29.8 Å². The van der Waals surface area contributed by atoms with Gasteiger partial charge in [0.15, 0.2) is 0 Å². The maximum Gasteiger partial charge on any atom is 0.119 e. The standard InChI is InChI=1S/C14H21NO2/c1-11(2)6-5-9-17-14-8-4-7-13(10-14)12(3)15-16/h4,7-8,10-11,16H,5-6,9H2,1-3H3/b15-12+. The minimum Gasteiger partial charge on any atom is -0.494 e. The lowest BCUT2D eigenvalue weighted by molar-refractivity contribution is 0.297. The molecular weight excluding hydrogens is 214 g/mol. The van der Waals surface area contributed by atoms with Gasteiger partial charge in [-0.25, -0.2) is 0 Å². The van der Waals surface area contributed by atoms with Crippen LogP contribution in [0.1, 0.15) is 39.2 Å². The Morgan fingerprint density at radius 2 is 2.18 bits per heavy atom. The van der Waals surface area contributed by atoms with E-state index in [1.807, 2.05) is 24.3 Å². The summed E-state index contributed by atoms with van der Waals surface area (Å²) in [7, 11) is 0. The molecule has 0 fully saturated rings. The van der Waals surface area contributed by atoms with Gasteiger partial charge in [0.1, 0.15) is 5.75 Å². The summed E-state index contributed by atoms with van der Waals surface area (Å²) in [4.78, 5) is 0. The summed E-state index contributed by atoms with van der Waals surface area (Å²) in [5, 5.41) is 11.9. The molecule has 1 rings (SSSR count). The van der Waals surface area contributed by atoms with E-state index in [0.29, 0.717) is 11.6 Å². The van der Waals surface area contributed by atoms with Crippen LogP contribution in [0, 0.1) is 5.92 Å². The molecule has 0 saturated heterocycles. The van der Waals surface area contributed by atoms with E-state index in [9.17, 15) is 0 Å². The van der Waals surface area contributed by atoms with E-state index in [1.54, 1.807) is 6.92 Å². The molecule has 0 atom stereocenters. The quantitative estimate of drug-likeness (QED) is 0.353. The SMILES string of the molecule is C/C(=N\O)c1cccc(OCCCC(C)C)c1. The molecule has 94 valence electrons. The van der Waals surface area contributed by atoms with Gasteiger partial charge in [0.2, 0.25) is 0 Å². The van der Waals surface area contributed by atoms with Crippen LogP contribution >= 0.6 is 0 Å². The van der Waals surface area contributed by atoms with Crippen molar-refractivity contribution >= 4 is 5.71 Å². The fraction of sp³-hybridized carbons (Fsp3) is 0.500. The van der Waals surface area contributed by atoms with Crippen LogP contribution in [-0.2, 0) is 0 Å². The second-order valence-corrected chi connectivity index (χ2v) is 4.60. The lowest BCUT2D eigenvalue weighted by atomic mass is 10.1. The van der Waals surface area contributed by atoms with Gasteiger partial charge in [0, 0.05) is 5.56 Å². The summed E-state index contributed by atoms with van der Waals surface area (Å²) in [5.41, 5.74) is 1.48. The molecular formula is C14H21NO2. The number of oxime groups is 1. The van der Waals surface area contributed by atoms with Gasteiger partial charge in [-0.15, -0.1) is 0 Å². The fourth-order valence-corrected chi connectivity index (χ4v) is 1.55. The Labute approximate surface area is 103 Å². The van der Waals surface area contributed by atoms with Crippen molar-refractivity contribution in [3.63, 3.8) is 0 Å². The minimum absolute atomic E-state index is 0.595. The molecule has 0 aromatic heterocycles. The molecule has 1 aromatic carbocycles. The van der Waals surface area contributed by atoms with E-state index >= 15 is 0 Å².